The van der Waals surface area contributed by atoms with Crippen LogP contribution in [0.1, 0.15) is 37.2 Å². The van der Waals surface area contributed by atoms with Gasteiger partial charge < -0.3 is 15.2 Å². The number of ether oxygens (including phenoxy) is 1. The zero-order valence-corrected chi connectivity index (χ0v) is 11.8. The SMILES string of the molecule is CC(C)OCCCNC(=O)CCn1ccc(C(=O)O)n1. The van der Waals surface area contributed by atoms with Crippen molar-refractivity contribution in [2.45, 2.75) is 39.3 Å². The second-order valence-electron chi connectivity index (χ2n) is 4.64. The summed E-state index contributed by atoms with van der Waals surface area (Å²) in [5.41, 5.74) is -0.0174. The van der Waals surface area contributed by atoms with Gasteiger partial charge in [0.2, 0.25) is 5.91 Å². The number of hydrogen-bond acceptors (Lipinski definition) is 4. The highest BCUT2D eigenvalue weighted by Gasteiger charge is 2.07. The maximum Gasteiger partial charge on any atom is 0.356 e. The van der Waals surface area contributed by atoms with Crippen molar-refractivity contribution in [3.05, 3.63) is 18.0 Å². The van der Waals surface area contributed by atoms with Gasteiger partial charge in [0.15, 0.2) is 5.69 Å². The number of nitrogens with one attached hydrogen (secondary N) is 1. The van der Waals surface area contributed by atoms with Crippen LogP contribution in [0.2, 0.25) is 0 Å². The molecular formula is C13H21N3O4. The largest absolute Gasteiger partial charge is 0.476 e. The molecule has 0 saturated heterocycles. The van der Waals surface area contributed by atoms with E-state index in [9.17, 15) is 9.59 Å². The molecule has 1 heterocycles. The number of rotatable bonds is 9. The Balaban J connectivity index is 2.14. The van der Waals surface area contributed by atoms with Gasteiger partial charge in [-0.3, -0.25) is 9.48 Å². The standard InChI is InChI=1S/C13H21N3O4/c1-10(2)20-9-3-6-14-12(17)5-8-16-7-4-11(15-16)13(18)19/h4,7,10H,3,5-6,8-9H2,1-2H3,(H,14,17)(H,18,19). The number of carboxylic acid groups (broad SMARTS) is 1. The third kappa shape index (κ3) is 6.33. The van der Waals surface area contributed by atoms with Crippen LogP contribution in [0, 0.1) is 0 Å². The molecule has 1 rings (SSSR count). The topological polar surface area (TPSA) is 93.5 Å². The molecule has 0 spiro atoms. The van der Waals surface area contributed by atoms with Crippen LogP contribution in [-0.4, -0.2) is 46.0 Å². The van der Waals surface area contributed by atoms with E-state index in [1.807, 2.05) is 13.8 Å². The number of carbonyl (C=O) groups is 2. The van der Waals surface area contributed by atoms with E-state index >= 15 is 0 Å². The van der Waals surface area contributed by atoms with Gasteiger partial charge in [0.05, 0.1) is 6.10 Å². The molecule has 112 valence electrons. The Labute approximate surface area is 117 Å². The molecule has 0 unspecified atom stereocenters. The predicted molar refractivity (Wildman–Crippen MR) is 72.5 cm³/mol. The molecule has 1 amide bonds. The molecule has 0 atom stereocenters. The number of carbonyl (C=O) groups excluding carboxylic acids is 1. The minimum Gasteiger partial charge on any atom is -0.476 e. The molecule has 7 heteroatoms. The molecule has 20 heavy (non-hydrogen) atoms. The van der Waals surface area contributed by atoms with Crippen molar-refractivity contribution in [1.82, 2.24) is 15.1 Å². The van der Waals surface area contributed by atoms with Crippen molar-refractivity contribution in [3.63, 3.8) is 0 Å². The number of nitrogens with zero attached hydrogens (tertiary/aromatic N) is 2. The Kier molecular flexibility index (Phi) is 6.72. The summed E-state index contributed by atoms with van der Waals surface area (Å²) in [7, 11) is 0. The predicted octanol–water partition coefficient (Wildman–Crippen LogP) is 0.903. The monoisotopic (exact) mass is 283 g/mol. The van der Waals surface area contributed by atoms with Crippen LogP contribution in [0.3, 0.4) is 0 Å². The normalized spacial score (nSPS) is 10.8. The lowest BCUT2D eigenvalue weighted by Gasteiger charge is -2.08. The summed E-state index contributed by atoms with van der Waals surface area (Å²) in [6, 6.07) is 1.41. The second-order valence-corrected chi connectivity index (χ2v) is 4.64. The highest BCUT2D eigenvalue weighted by atomic mass is 16.5. The summed E-state index contributed by atoms with van der Waals surface area (Å²) in [5, 5.41) is 15.3. The fourth-order valence-corrected chi connectivity index (χ4v) is 1.52. The Morgan fingerprint density at radius 1 is 1.50 bits per heavy atom. The Bertz CT molecular complexity index is 443. The summed E-state index contributed by atoms with van der Waals surface area (Å²) in [6.45, 7) is 5.49. The summed E-state index contributed by atoms with van der Waals surface area (Å²) in [5.74, 6) is -1.15. The minimum absolute atomic E-state index is 0.0174. The van der Waals surface area contributed by atoms with Crippen molar-refractivity contribution < 1.29 is 19.4 Å². The first kappa shape index (κ1) is 16.2. The fraction of sp³-hybridized carbons (Fsp3) is 0.615. The van der Waals surface area contributed by atoms with Crippen molar-refractivity contribution in [1.29, 1.82) is 0 Å². The van der Waals surface area contributed by atoms with Gasteiger partial charge in [-0.1, -0.05) is 0 Å². The van der Waals surface area contributed by atoms with Gasteiger partial charge in [-0.15, -0.1) is 0 Å². The molecule has 0 aliphatic carbocycles. The van der Waals surface area contributed by atoms with Crippen molar-refractivity contribution >= 4 is 11.9 Å². The summed E-state index contributed by atoms with van der Waals surface area (Å²) >= 11 is 0. The Morgan fingerprint density at radius 3 is 2.85 bits per heavy atom. The fourth-order valence-electron chi connectivity index (χ4n) is 1.52. The third-order valence-corrected chi connectivity index (χ3v) is 2.52. The van der Waals surface area contributed by atoms with Gasteiger partial charge in [0, 0.05) is 32.3 Å². The lowest BCUT2D eigenvalue weighted by Crippen LogP contribution is -2.26. The average molecular weight is 283 g/mol. The van der Waals surface area contributed by atoms with E-state index in [0.29, 0.717) is 19.7 Å². The molecule has 7 nitrogen and oxygen atoms in total. The molecule has 0 fully saturated rings. The number of amides is 1. The molecule has 0 aromatic carbocycles. The van der Waals surface area contributed by atoms with E-state index < -0.39 is 5.97 Å². The first-order valence-corrected chi connectivity index (χ1v) is 6.64. The van der Waals surface area contributed by atoms with E-state index in [4.69, 9.17) is 9.84 Å². The molecule has 0 aliphatic heterocycles. The summed E-state index contributed by atoms with van der Waals surface area (Å²) in [6.07, 6.45) is 2.79. The number of aromatic carboxylic acids is 1. The second kappa shape index (κ2) is 8.31. The van der Waals surface area contributed by atoms with Crippen LogP contribution in [0.15, 0.2) is 12.3 Å². The maximum absolute atomic E-state index is 11.5. The van der Waals surface area contributed by atoms with E-state index in [0.717, 1.165) is 6.42 Å². The highest BCUT2D eigenvalue weighted by molar-refractivity contribution is 5.85. The van der Waals surface area contributed by atoms with Gasteiger partial charge in [-0.05, 0) is 26.3 Å². The Morgan fingerprint density at radius 2 is 2.25 bits per heavy atom. The van der Waals surface area contributed by atoms with Crippen molar-refractivity contribution in [2.24, 2.45) is 0 Å². The quantitative estimate of drug-likeness (QED) is 0.657. The molecule has 0 saturated carbocycles. The van der Waals surface area contributed by atoms with Gasteiger partial charge in [-0.2, -0.15) is 5.10 Å². The van der Waals surface area contributed by atoms with Crippen LogP contribution in [0.4, 0.5) is 0 Å². The van der Waals surface area contributed by atoms with E-state index in [-0.39, 0.29) is 24.1 Å². The zero-order valence-electron chi connectivity index (χ0n) is 11.8. The lowest BCUT2D eigenvalue weighted by atomic mass is 10.3. The highest BCUT2D eigenvalue weighted by Crippen LogP contribution is 1.97. The van der Waals surface area contributed by atoms with Gasteiger partial charge in [0.1, 0.15) is 0 Å². The first-order chi connectivity index (χ1) is 9.49. The van der Waals surface area contributed by atoms with E-state index in [1.165, 1.54) is 10.7 Å². The van der Waals surface area contributed by atoms with Crippen LogP contribution >= 0.6 is 0 Å². The zero-order chi connectivity index (χ0) is 15.0. The van der Waals surface area contributed by atoms with Crippen LogP contribution in [-0.2, 0) is 16.1 Å². The number of hydrogen-bond donors (Lipinski definition) is 2. The third-order valence-electron chi connectivity index (χ3n) is 2.52. The van der Waals surface area contributed by atoms with Gasteiger partial charge >= 0.3 is 5.97 Å². The van der Waals surface area contributed by atoms with Crippen molar-refractivity contribution in [2.75, 3.05) is 13.2 Å². The number of carboxylic acids is 1. The van der Waals surface area contributed by atoms with Crippen LogP contribution in [0.5, 0.6) is 0 Å². The minimum atomic E-state index is -1.07. The Hall–Kier alpha value is -1.89. The first-order valence-electron chi connectivity index (χ1n) is 6.64. The van der Waals surface area contributed by atoms with E-state index in [1.54, 1.807) is 6.20 Å². The summed E-state index contributed by atoms with van der Waals surface area (Å²) in [4.78, 5) is 22.2. The van der Waals surface area contributed by atoms with Crippen molar-refractivity contribution in [3.8, 4) is 0 Å². The molecule has 0 radical (unpaired) electrons. The number of aryl methyl sites for hydroxylation is 1. The molecule has 2 N–H and O–H groups in total. The molecule has 0 bridgehead atoms. The maximum atomic E-state index is 11.5. The molecular weight excluding hydrogens is 262 g/mol. The lowest BCUT2D eigenvalue weighted by molar-refractivity contribution is -0.121. The molecule has 0 aliphatic rings. The van der Waals surface area contributed by atoms with E-state index in [2.05, 4.69) is 10.4 Å². The van der Waals surface area contributed by atoms with Gasteiger partial charge in [-0.25, -0.2) is 4.79 Å². The average Bonchev–Trinajstić information content (AvgIpc) is 2.84. The van der Waals surface area contributed by atoms with Crippen LogP contribution < -0.4 is 5.32 Å². The summed E-state index contributed by atoms with van der Waals surface area (Å²) < 4.78 is 6.81. The number of aromatic nitrogens is 2. The van der Waals surface area contributed by atoms with Crippen LogP contribution in [0.25, 0.3) is 0 Å². The smallest absolute Gasteiger partial charge is 0.356 e. The van der Waals surface area contributed by atoms with Gasteiger partial charge in [0.25, 0.3) is 0 Å². The molecule has 1 aromatic heterocycles. The molecule has 1 aromatic rings.